The zero-order chi connectivity index (χ0) is 23.1. The monoisotopic (exact) mass is 455 g/mol. The smallest absolute Gasteiger partial charge is 0.226 e. The van der Waals surface area contributed by atoms with Gasteiger partial charge < -0.3 is 15.1 Å². The van der Waals surface area contributed by atoms with Crippen molar-refractivity contribution in [3.05, 3.63) is 54.4 Å². The molecule has 2 aromatic carbocycles. The molecule has 1 N–H and O–H groups in total. The van der Waals surface area contributed by atoms with E-state index in [0.29, 0.717) is 24.5 Å². The van der Waals surface area contributed by atoms with Gasteiger partial charge in [0.25, 0.3) is 0 Å². The molecule has 0 bridgehead atoms. The zero-order valence-electron chi connectivity index (χ0n) is 19.9. The summed E-state index contributed by atoms with van der Waals surface area (Å²) in [6, 6.07) is 16.1. The maximum Gasteiger partial charge on any atom is 0.226 e. The van der Waals surface area contributed by atoms with Crippen molar-refractivity contribution in [1.29, 1.82) is 0 Å². The summed E-state index contributed by atoms with van der Waals surface area (Å²) in [5.74, 6) is 1.46. The summed E-state index contributed by atoms with van der Waals surface area (Å²) >= 11 is 0. The van der Waals surface area contributed by atoms with Crippen LogP contribution in [0, 0.1) is 5.92 Å². The molecule has 34 heavy (non-hydrogen) atoms. The van der Waals surface area contributed by atoms with Crippen LogP contribution in [0.5, 0.6) is 0 Å². The highest BCUT2D eigenvalue weighted by atomic mass is 16.2. The predicted octanol–water partition coefficient (Wildman–Crippen LogP) is 4.70. The maximum atomic E-state index is 13.4. The third-order valence-corrected chi connectivity index (χ3v) is 7.51. The number of carbonyl (C=O) groups is 1. The largest absolute Gasteiger partial charge is 0.367 e. The van der Waals surface area contributed by atoms with E-state index in [4.69, 9.17) is 0 Å². The number of nitrogens with one attached hydrogen (secondary N) is 1. The van der Waals surface area contributed by atoms with Gasteiger partial charge in [-0.1, -0.05) is 24.3 Å². The van der Waals surface area contributed by atoms with Crippen LogP contribution in [0.2, 0.25) is 0 Å². The Morgan fingerprint density at radius 2 is 1.79 bits per heavy atom. The number of fused-ring (bicyclic) bond motifs is 1. The van der Waals surface area contributed by atoms with Crippen molar-refractivity contribution in [3.8, 4) is 11.1 Å². The molecule has 6 heteroatoms. The number of aromatic nitrogens is 2. The van der Waals surface area contributed by atoms with Crippen LogP contribution >= 0.6 is 0 Å². The number of benzene rings is 2. The zero-order valence-corrected chi connectivity index (χ0v) is 19.9. The number of rotatable bonds is 7. The van der Waals surface area contributed by atoms with Gasteiger partial charge in [0.1, 0.15) is 12.1 Å². The van der Waals surface area contributed by atoms with Crippen molar-refractivity contribution in [2.75, 3.05) is 25.5 Å². The van der Waals surface area contributed by atoms with E-state index in [9.17, 15) is 4.79 Å². The van der Waals surface area contributed by atoms with E-state index in [1.165, 1.54) is 24.0 Å². The number of amides is 1. The van der Waals surface area contributed by atoms with E-state index in [1.807, 2.05) is 0 Å². The molecule has 0 unspecified atom stereocenters. The average molecular weight is 456 g/mol. The maximum absolute atomic E-state index is 13.4. The third-order valence-electron chi connectivity index (χ3n) is 7.51. The molecule has 3 aliphatic rings. The summed E-state index contributed by atoms with van der Waals surface area (Å²) in [6.07, 6.45) is 8.30. The Bertz CT molecular complexity index is 1190. The minimum Gasteiger partial charge on any atom is -0.367 e. The lowest BCUT2D eigenvalue weighted by Gasteiger charge is -2.32. The van der Waals surface area contributed by atoms with Gasteiger partial charge in [-0.25, -0.2) is 9.97 Å². The Labute approximate surface area is 201 Å². The highest BCUT2D eigenvalue weighted by molar-refractivity contribution is 5.92. The Kier molecular flexibility index (Phi) is 5.69. The molecule has 3 fully saturated rings. The molecule has 1 aliphatic heterocycles. The van der Waals surface area contributed by atoms with Gasteiger partial charge in [-0.3, -0.25) is 4.79 Å². The second kappa shape index (κ2) is 8.99. The fraction of sp³-hybridized carbons (Fsp3) is 0.464. The minimum absolute atomic E-state index is 0.179. The minimum atomic E-state index is 0.179. The fourth-order valence-corrected chi connectivity index (χ4v) is 5.08. The van der Waals surface area contributed by atoms with E-state index in [2.05, 4.69) is 74.6 Å². The highest BCUT2D eigenvalue weighted by Crippen LogP contribution is 2.34. The molecule has 0 spiro atoms. The molecule has 2 heterocycles. The molecule has 2 aliphatic carbocycles. The first kappa shape index (κ1) is 21.5. The second-order valence-electron chi connectivity index (χ2n) is 10.3. The number of hydrogen-bond donors (Lipinski definition) is 1. The van der Waals surface area contributed by atoms with Gasteiger partial charge >= 0.3 is 0 Å². The number of anilines is 1. The molecule has 6 rings (SSSR count). The Morgan fingerprint density at radius 1 is 1.00 bits per heavy atom. The van der Waals surface area contributed by atoms with Crippen molar-refractivity contribution in [2.24, 2.45) is 5.92 Å². The van der Waals surface area contributed by atoms with E-state index in [-0.39, 0.29) is 5.92 Å². The van der Waals surface area contributed by atoms with Crippen LogP contribution in [0.1, 0.15) is 44.1 Å². The van der Waals surface area contributed by atoms with E-state index >= 15 is 0 Å². The molecule has 1 aromatic heterocycles. The Hall–Kier alpha value is -2.99. The Balaban J connectivity index is 1.24. The van der Waals surface area contributed by atoms with E-state index < -0.39 is 0 Å². The summed E-state index contributed by atoms with van der Waals surface area (Å²) in [4.78, 5) is 26.9. The first-order chi connectivity index (χ1) is 16.6. The van der Waals surface area contributed by atoms with Crippen molar-refractivity contribution in [1.82, 2.24) is 19.8 Å². The standard InChI is InChI=1S/C28H33N5O/c1-32-13-11-20(12-14-32)28(34)33(24-8-9-24)17-19-3-2-4-21(15-19)22-5-10-26-25(16-22)27(30-18-29-26)31-23-6-7-23/h2-5,10,15-16,18,20,23-24H,6-9,11-14,17H2,1H3,(H,29,30,31). The predicted molar refractivity (Wildman–Crippen MR) is 135 cm³/mol. The molecular weight excluding hydrogens is 422 g/mol. The third kappa shape index (κ3) is 4.64. The van der Waals surface area contributed by atoms with Gasteiger partial charge in [-0.05, 0) is 93.6 Å². The molecular formula is C28H33N5O. The molecule has 6 nitrogen and oxygen atoms in total. The number of likely N-dealkylation sites (tertiary alicyclic amines) is 1. The molecule has 0 atom stereocenters. The highest BCUT2D eigenvalue weighted by Gasteiger charge is 2.36. The van der Waals surface area contributed by atoms with Gasteiger partial charge in [0.05, 0.1) is 5.52 Å². The van der Waals surface area contributed by atoms with Gasteiger partial charge in [0.2, 0.25) is 5.91 Å². The topological polar surface area (TPSA) is 61.4 Å². The van der Waals surface area contributed by atoms with Crippen molar-refractivity contribution in [3.63, 3.8) is 0 Å². The van der Waals surface area contributed by atoms with Crippen LogP contribution < -0.4 is 5.32 Å². The van der Waals surface area contributed by atoms with Gasteiger partial charge in [0, 0.05) is 29.9 Å². The average Bonchev–Trinajstić information content (AvgIpc) is 3.78. The molecule has 3 aromatic rings. The SMILES string of the molecule is CN1CCC(C(=O)N(Cc2cccc(-c3ccc4ncnc(NC5CC5)c4c3)c2)C2CC2)CC1. The van der Waals surface area contributed by atoms with Gasteiger partial charge in [0.15, 0.2) is 0 Å². The lowest BCUT2D eigenvalue weighted by atomic mass is 9.95. The molecule has 1 amide bonds. The van der Waals surface area contributed by atoms with Crippen molar-refractivity contribution in [2.45, 2.75) is 57.2 Å². The lowest BCUT2D eigenvalue weighted by Crippen LogP contribution is -2.42. The lowest BCUT2D eigenvalue weighted by molar-refractivity contribution is -0.138. The van der Waals surface area contributed by atoms with Crippen LogP contribution in [-0.4, -0.2) is 57.9 Å². The first-order valence-electron chi connectivity index (χ1n) is 12.7. The van der Waals surface area contributed by atoms with E-state index in [1.54, 1.807) is 6.33 Å². The van der Waals surface area contributed by atoms with Gasteiger partial charge in [-0.2, -0.15) is 0 Å². The van der Waals surface area contributed by atoms with Crippen LogP contribution in [0.15, 0.2) is 48.8 Å². The second-order valence-corrected chi connectivity index (χ2v) is 10.3. The van der Waals surface area contributed by atoms with Crippen LogP contribution in [-0.2, 0) is 11.3 Å². The quantitative estimate of drug-likeness (QED) is 0.559. The van der Waals surface area contributed by atoms with E-state index in [0.717, 1.165) is 61.1 Å². The Morgan fingerprint density at radius 3 is 2.56 bits per heavy atom. The number of carbonyl (C=O) groups excluding carboxylic acids is 1. The number of piperidine rings is 1. The summed E-state index contributed by atoms with van der Waals surface area (Å²) < 4.78 is 0. The van der Waals surface area contributed by atoms with Gasteiger partial charge in [-0.15, -0.1) is 0 Å². The number of hydrogen-bond acceptors (Lipinski definition) is 5. The van der Waals surface area contributed by atoms with Crippen LogP contribution in [0.25, 0.3) is 22.0 Å². The molecule has 2 saturated carbocycles. The molecule has 1 saturated heterocycles. The molecule has 176 valence electrons. The van der Waals surface area contributed by atoms with Crippen LogP contribution in [0.3, 0.4) is 0 Å². The normalized spacial score (nSPS) is 19.3. The molecule has 0 radical (unpaired) electrons. The summed E-state index contributed by atoms with van der Waals surface area (Å²) in [7, 11) is 2.15. The summed E-state index contributed by atoms with van der Waals surface area (Å²) in [5, 5.41) is 4.61. The fourth-order valence-electron chi connectivity index (χ4n) is 5.08. The van der Waals surface area contributed by atoms with Crippen molar-refractivity contribution < 1.29 is 4.79 Å². The summed E-state index contributed by atoms with van der Waals surface area (Å²) in [6.45, 7) is 2.75. The van der Waals surface area contributed by atoms with Crippen molar-refractivity contribution >= 4 is 22.6 Å². The first-order valence-corrected chi connectivity index (χ1v) is 12.7. The number of nitrogens with zero attached hydrogens (tertiary/aromatic N) is 4. The summed E-state index contributed by atoms with van der Waals surface area (Å²) in [5.41, 5.74) is 4.49. The van der Waals surface area contributed by atoms with Crippen LogP contribution in [0.4, 0.5) is 5.82 Å².